The average Bonchev–Trinajstić information content (AvgIpc) is 2.80. The lowest BCUT2D eigenvalue weighted by Crippen LogP contribution is -2.31. The number of hydrogen-bond donors (Lipinski definition) is 1. The maximum atomic E-state index is 11.1. The topological polar surface area (TPSA) is 88.4 Å². The number of aromatic nitrogens is 3. The molecule has 1 N–H and O–H groups in total. The molecular formula is C16H18N4O3. The molecule has 0 bridgehead atoms. The number of nitrogens with zero attached hydrogens (tertiary/aromatic N) is 4. The van der Waals surface area contributed by atoms with Crippen LogP contribution in [0, 0.1) is 0 Å². The standard InChI is InChI=1S/C16H18N4O3/c1-11-10-20(7-2-8-23-11)16-18-6-4-13(19-16)14-9-12(15(21)22)3-5-17-14/h3-6,9,11H,2,7-8,10H2,1H3,(H,21,22). The van der Waals surface area contributed by atoms with Crippen LogP contribution in [-0.4, -0.2) is 51.8 Å². The Bertz CT molecular complexity index is 707. The van der Waals surface area contributed by atoms with Crippen molar-refractivity contribution in [3.8, 4) is 11.4 Å². The van der Waals surface area contributed by atoms with Crippen LogP contribution in [0.5, 0.6) is 0 Å². The van der Waals surface area contributed by atoms with Gasteiger partial charge in [0.25, 0.3) is 0 Å². The van der Waals surface area contributed by atoms with Gasteiger partial charge in [0.15, 0.2) is 0 Å². The Labute approximate surface area is 134 Å². The quantitative estimate of drug-likeness (QED) is 0.924. The summed E-state index contributed by atoms with van der Waals surface area (Å²) in [4.78, 5) is 26.3. The lowest BCUT2D eigenvalue weighted by atomic mass is 10.2. The maximum Gasteiger partial charge on any atom is 0.335 e. The van der Waals surface area contributed by atoms with E-state index in [1.165, 1.54) is 18.3 Å². The Kier molecular flexibility index (Phi) is 4.47. The summed E-state index contributed by atoms with van der Waals surface area (Å²) in [6.07, 6.45) is 4.19. The molecule has 1 atom stereocenters. The van der Waals surface area contributed by atoms with Gasteiger partial charge in [-0.15, -0.1) is 0 Å². The van der Waals surface area contributed by atoms with Gasteiger partial charge in [0, 0.05) is 32.1 Å². The molecule has 1 aliphatic heterocycles. The number of hydrogen-bond acceptors (Lipinski definition) is 6. The minimum atomic E-state index is -0.985. The Hall–Kier alpha value is -2.54. The minimum absolute atomic E-state index is 0.123. The normalized spacial score (nSPS) is 18.5. The van der Waals surface area contributed by atoms with Gasteiger partial charge < -0.3 is 14.7 Å². The first-order valence-corrected chi connectivity index (χ1v) is 7.53. The van der Waals surface area contributed by atoms with Crippen molar-refractivity contribution in [1.29, 1.82) is 0 Å². The third kappa shape index (κ3) is 3.62. The molecule has 7 nitrogen and oxygen atoms in total. The van der Waals surface area contributed by atoms with E-state index in [1.54, 1.807) is 12.3 Å². The molecule has 0 aliphatic carbocycles. The zero-order valence-corrected chi connectivity index (χ0v) is 12.8. The predicted molar refractivity (Wildman–Crippen MR) is 84.5 cm³/mol. The highest BCUT2D eigenvalue weighted by molar-refractivity contribution is 5.88. The SMILES string of the molecule is CC1CN(c2nccc(-c3cc(C(=O)O)ccn3)n2)CCCO1. The fourth-order valence-corrected chi connectivity index (χ4v) is 2.52. The third-order valence-corrected chi connectivity index (χ3v) is 3.65. The number of carboxylic acid groups (broad SMARTS) is 1. The number of aromatic carboxylic acids is 1. The highest BCUT2D eigenvalue weighted by Gasteiger charge is 2.18. The van der Waals surface area contributed by atoms with Crippen LogP contribution in [-0.2, 0) is 4.74 Å². The fraction of sp³-hybridized carbons (Fsp3) is 0.375. The molecule has 0 spiro atoms. The summed E-state index contributed by atoms with van der Waals surface area (Å²) in [6, 6.07) is 4.71. The van der Waals surface area contributed by atoms with Crippen molar-refractivity contribution in [2.24, 2.45) is 0 Å². The van der Waals surface area contributed by atoms with Crippen LogP contribution in [0.4, 0.5) is 5.95 Å². The largest absolute Gasteiger partial charge is 0.478 e. The first-order chi connectivity index (χ1) is 11.1. The molecule has 0 amide bonds. The van der Waals surface area contributed by atoms with E-state index in [0.29, 0.717) is 17.3 Å². The van der Waals surface area contributed by atoms with E-state index in [1.807, 2.05) is 6.92 Å². The second kappa shape index (κ2) is 6.70. The van der Waals surface area contributed by atoms with E-state index in [0.717, 1.165) is 26.1 Å². The van der Waals surface area contributed by atoms with E-state index in [4.69, 9.17) is 9.84 Å². The number of ether oxygens (including phenoxy) is 1. The van der Waals surface area contributed by atoms with Gasteiger partial charge in [-0.2, -0.15) is 0 Å². The molecule has 3 heterocycles. The Morgan fingerprint density at radius 2 is 2.13 bits per heavy atom. The smallest absolute Gasteiger partial charge is 0.335 e. The van der Waals surface area contributed by atoms with Crippen LogP contribution in [0.15, 0.2) is 30.6 Å². The van der Waals surface area contributed by atoms with Gasteiger partial charge in [0.1, 0.15) is 0 Å². The minimum Gasteiger partial charge on any atom is -0.478 e. The molecular weight excluding hydrogens is 296 g/mol. The van der Waals surface area contributed by atoms with Gasteiger partial charge >= 0.3 is 5.97 Å². The molecule has 0 aromatic carbocycles. The van der Waals surface area contributed by atoms with Crippen molar-refractivity contribution in [3.63, 3.8) is 0 Å². The molecule has 0 radical (unpaired) electrons. The van der Waals surface area contributed by atoms with Gasteiger partial charge in [-0.3, -0.25) is 4.98 Å². The second-order valence-corrected chi connectivity index (χ2v) is 5.46. The Morgan fingerprint density at radius 1 is 1.30 bits per heavy atom. The summed E-state index contributed by atoms with van der Waals surface area (Å²) in [5, 5.41) is 9.09. The average molecular weight is 314 g/mol. The summed E-state index contributed by atoms with van der Waals surface area (Å²) >= 11 is 0. The van der Waals surface area contributed by atoms with Crippen molar-refractivity contribution >= 4 is 11.9 Å². The lowest BCUT2D eigenvalue weighted by molar-refractivity contribution is 0.0696. The number of carbonyl (C=O) groups is 1. The van der Waals surface area contributed by atoms with Gasteiger partial charge in [0.05, 0.1) is 23.1 Å². The van der Waals surface area contributed by atoms with Crippen molar-refractivity contribution in [1.82, 2.24) is 15.0 Å². The summed E-state index contributed by atoms with van der Waals surface area (Å²) in [5.41, 5.74) is 1.32. The first-order valence-electron chi connectivity index (χ1n) is 7.53. The van der Waals surface area contributed by atoms with Crippen molar-refractivity contribution in [3.05, 3.63) is 36.2 Å². The number of rotatable bonds is 3. The fourth-order valence-electron chi connectivity index (χ4n) is 2.52. The summed E-state index contributed by atoms with van der Waals surface area (Å²) < 4.78 is 5.64. The summed E-state index contributed by atoms with van der Waals surface area (Å²) in [7, 11) is 0. The zero-order valence-electron chi connectivity index (χ0n) is 12.8. The first kappa shape index (κ1) is 15.4. The molecule has 23 heavy (non-hydrogen) atoms. The molecule has 2 aromatic rings. The molecule has 120 valence electrons. The van der Waals surface area contributed by atoms with E-state index < -0.39 is 5.97 Å². The van der Waals surface area contributed by atoms with Gasteiger partial charge in [-0.25, -0.2) is 14.8 Å². The number of anilines is 1. The molecule has 1 saturated heterocycles. The molecule has 7 heteroatoms. The predicted octanol–water partition coefficient (Wildman–Crippen LogP) is 1.85. The molecule has 1 unspecified atom stereocenters. The summed E-state index contributed by atoms with van der Waals surface area (Å²) in [6.45, 7) is 4.32. The van der Waals surface area contributed by atoms with E-state index >= 15 is 0 Å². The van der Waals surface area contributed by atoms with E-state index in [2.05, 4.69) is 19.9 Å². The van der Waals surface area contributed by atoms with Gasteiger partial charge in [0.2, 0.25) is 5.95 Å². The van der Waals surface area contributed by atoms with E-state index in [9.17, 15) is 4.79 Å². The zero-order chi connectivity index (χ0) is 16.2. The highest BCUT2D eigenvalue weighted by Crippen LogP contribution is 2.19. The van der Waals surface area contributed by atoms with Crippen molar-refractivity contribution in [2.75, 3.05) is 24.6 Å². The molecule has 1 fully saturated rings. The van der Waals surface area contributed by atoms with Crippen molar-refractivity contribution in [2.45, 2.75) is 19.4 Å². The third-order valence-electron chi connectivity index (χ3n) is 3.65. The monoisotopic (exact) mass is 314 g/mol. The van der Waals surface area contributed by atoms with Crippen LogP contribution in [0.1, 0.15) is 23.7 Å². The Morgan fingerprint density at radius 3 is 2.96 bits per heavy atom. The van der Waals surface area contributed by atoms with Crippen LogP contribution >= 0.6 is 0 Å². The number of carboxylic acids is 1. The Balaban J connectivity index is 1.90. The summed E-state index contributed by atoms with van der Waals surface area (Å²) in [5.74, 6) is -0.371. The van der Waals surface area contributed by atoms with Crippen LogP contribution in [0.25, 0.3) is 11.4 Å². The van der Waals surface area contributed by atoms with E-state index in [-0.39, 0.29) is 11.7 Å². The van der Waals surface area contributed by atoms with Crippen molar-refractivity contribution < 1.29 is 14.6 Å². The maximum absolute atomic E-state index is 11.1. The molecule has 2 aromatic heterocycles. The van der Waals surface area contributed by atoms with Crippen LogP contribution in [0.2, 0.25) is 0 Å². The molecule has 3 rings (SSSR count). The van der Waals surface area contributed by atoms with Gasteiger partial charge in [-0.1, -0.05) is 0 Å². The highest BCUT2D eigenvalue weighted by atomic mass is 16.5. The van der Waals surface area contributed by atoms with Gasteiger partial charge in [-0.05, 0) is 31.5 Å². The number of pyridine rings is 1. The second-order valence-electron chi connectivity index (χ2n) is 5.46. The molecule has 0 saturated carbocycles. The lowest BCUT2D eigenvalue weighted by Gasteiger charge is -2.22. The van der Waals surface area contributed by atoms with Crippen LogP contribution in [0.3, 0.4) is 0 Å². The van der Waals surface area contributed by atoms with Crippen LogP contribution < -0.4 is 4.90 Å². The molecule has 1 aliphatic rings.